The van der Waals surface area contributed by atoms with Gasteiger partial charge in [0.1, 0.15) is 5.82 Å². The number of rotatable bonds is 4. The molecular weight excluding hydrogens is 221 g/mol. The highest BCUT2D eigenvalue weighted by molar-refractivity contribution is 5.78. The molecular formula is C12H16FN3O. The molecule has 0 amide bonds. The molecule has 0 saturated heterocycles. The zero-order valence-electron chi connectivity index (χ0n) is 9.94. The lowest BCUT2D eigenvalue weighted by atomic mass is 10.3. The highest BCUT2D eigenvalue weighted by atomic mass is 19.1. The van der Waals surface area contributed by atoms with Crippen LogP contribution in [0.1, 0.15) is 13.8 Å². The molecule has 2 aromatic rings. The van der Waals surface area contributed by atoms with Crippen LogP contribution in [0.25, 0.3) is 11.0 Å². The summed E-state index contributed by atoms with van der Waals surface area (Å²) in [5, 5.41) is 12.2. The average molecular weight is 237 g/mol. The molecule has 0 aliphatic rings. The van der Waals surface area contributed by atoms with Gasteiger partial charge >= 0.3 is 0 Å². The monoisotopic (exact) mass is 237 g/mol. The Kier molecular flexibility index (Phi) is 3.28. The van der Waals surface area contributed by atoms with E-state index in [-0.39, 0.29) is 18.5 Å². The number of aliphatic hydroxyl groups excluding tert-OH is 1. The van der Waals surface area contributed by atoms with Crippen LogP contribution in [-0.2, 0) is 6.54 Å². The number of nitrogens with one attached hydrogen (secondary N) is 1. The minimum Gasteiger partial charge on any atom is -0.395 e. The summed E-state index contributed by atoms with van der Waals surface area (Å²) in [6.45, 7) is 4.47. The zero-order chi connectivity index (χ0) is 12.4. The predicted molar refractivity (Wildman–Crippen MR) is 65.5 cm³/mol. The van der Waals surface area contributed by atoms with E-state index < -0.39 is 0 Å². The maximum absolute atomic E-state index is 13.1. The van der Waals surface area contributed by atoms with Crippen LogP contribution in [-0.4, -0.2) is 27.3 Å². The number of aromatic nitrogens is 2. The number of aliphatic hydroxyl groups is 1. The van der Waals surface area contributed by atoms with E-state index in [0.717, 1.165) is 5.52 Å². The topological polar surface area (TPSA) is 50.1 Å². The van der Waals surface area contributed by atoms with E-state index >= 15 is 0 Å². The van der Waals surface area contributed by atoms with E-state index in [1.54, 1.807) is 6.07 Å². The zero-order valence-corrected chi connectivity index (χ0v) is 9.94. The summed E-state index contributed by atoms with van der Waals surface area (Å²) in [5.41, 5.74) is 1.42. The molecule has 4 nitrogen and oxygen atoms in total. The van der Waals surface area contributed by atoms with Crippen LogP contribution in [0.5, 0.6) is 0 Å². The molecule has 92 valence electrons. The fraction of sp³-hybridized carbons (Fsp3) is 0.417. The van der Waals surface area contributed by atoms with Gasteiger partial charge < -0.3 is 15.0 Å². The number of hydrogen-bond donors (Lipinski definition) is 2. The Labute approximate surface area is 99.1 Å². The van der Waals surface area contributed by atoms with Gasteiger partial charge in [0.05, 0.1) is 17.6 Å². The lowest BCUT2D eigenvalue weighted by Crippen LogP contribution is -2.15. The summed E-state index contributed by atoms with van der Waals surface area (Å²) in [7, 11) is 0. The number of fused-ring (bicyclic) bond motifs is 1. The van der Waals surface area contributed by atoms with E-state index in [2.05, 4.69) is 10.3 Å². The molecule has 17 heavy (non-hydrogen) atoms. The Bertz CT molecular complexity index is 522. The van der Waals surface area contributed by atoms with Crippen molar-refractivity contribution >= 4 is 17.0 Å². The van der Waals surface area contributed by atoms with Gasteiger partial charge in [-0.05, 0) is 26.0 Å². The maximum atomic E-state index is 13.1. The first-order chi connectivity index (χ1) is 8.11. The van der Waals surface area contributed by atoms with Crippen LogP contribution in [0.3, 0.4) is 0 Å². The second-order valence-electron chi connectivity index (χ2n) is 4.24. The molecule has 2 rings (SSSR count). The predicted octanol–water partition coefficient (Wildman–Crippen LogP) is 1.99. The summed E-state index contributed by atoms with van der Waals surface area (Å²) < 4.78 is 15.0. The van der Waals surface area contributed by atoms with Crippen LogP contribution in [0.2, 0.25) is 0 Å². The molecule has 1 aromatic heterocycles. The third kappa shape index (κ3) is 2.39. The van der Waals surface area contributed by atoms with Gasteiger partial charge in [-0.1, -0.05) is 0 Å². The van der Waals surface area contributed by atoms with Gasteiger partial charge in [0, 0.05) is 18.7 Å². The van der Waals surface area contributed by atoms with Crippen molar-refractivity contribution in [2.45, 2.75) is 26.4 Å². The highest BCUT2D eigenvalue weighted by Crippen LogP contribution is 2.21. The van der Waals surface area contributed by atoms with Crippen molar-refractivity contribution in [2.75, 3.05) is 11.9 Å². The molecule has 0 aliphatic carbocycles. The fourth-order valence-corrected chi connectivity index (χ4v) is 1.80. The lowest BCUT2D eigenvalue weighted by molar-refractivity contribution is 0.278. The molecule has 1 heterocycles. The third-order valence-electron chi connectivity index (χ3n) is 2.45. The highest BCUT2D eigenvalue weighted by Gasteiger charge is 2.11. The minimum atomic E-state index is -0.303. The number of benzene rings is 1. The van der Waals surface area contributed by atoms with Gasteiger partial charge in [-0.2, -0.15) is 0 Å². The Morgan fingerprint density at radius 3 is 2.88 bits per heavy atom. The number of halogens is 1. The SMILES string of the molecule is CC(C)Nc1nc2cc(F)ccc2n1CCO. The summed E-state index contributed by atoms with van der Waals surface area (Å²) in [6.07, 6.45) is 0. The first-order valence-corrected chi connectivity index (χ1v) is 5.65. The van der Waals surface area contributed by atoms with Gasteiger partial charge in [0.15, 0.2) is 0 Å². The summed E-state index contributed by atoms with van der Waals surface area (Å²) in [4.78, 5) is 4.33. The molecule has 0 atom stereocenters. The molecule has 5 heteroatoms. The molecule has 0 fully saturated rings. The minimum absolute atomic E-state index is 0.0234. The van der Waals surface area contributed by atoms with Crippen molar-refractivity contribution in [3.05, 3.63) is 24.0 Å². The Morgan fingerprint density at radius 1 is 1.47 bits per heavy atom. The van der Waals surface area contributed by atoms with Crippen LogP contribution < -0.4 is 5.32 Å². The van der Waals surface area contributed by atoms with Gasteiger partial charge in [0.25, 0.3) is 0 Å². The fourth-order valence-electron chi connectivity index (χ4n) is 1.80. The van der Waals surface area contributed by atoms with E-state index in [9.17, 15) is 4.39 Å². The van der Waals surface area contributed by atoms with Gasteiger partial charge in [-0.3, -0.25) is 0 Å². The summed E-state index contributed by atoms with van der Waals surface area (Å²) in [5.74, 6) is 0.358. The van der Waals surface area contributed by atoms with E-state index in [4.69, 9.17) is 5.11 Å². The van der Waals surface area contributed by atoms with E-state index in [0.29, 0.717) is 18.0 Å². The molecule has 1 aromatic carbocycles. The van der Waals surface area contributed by atoms with Crippen LogP contribution in [0, 0.1) is 5.82 Å². The second kappa shape index (κ2) is 4.71. The first kappa shape index (κ1) is 11.9. The number of nitrogens with zero attached hydrogens (tertiary/aromatic N) is 2. The molecule has 0 radical (unpaired) electrons. The first-order valence-electron chi connectivity index (χ1n) is 5.65. The maximum Gasteiger partial charge on any atom is 0.204 e. The van der Waals surface area contributed by atoms with Gasteiger partial charge in [-0.25, -0.2) is 9.37 Å². The lowest BCUT2D eigenvalue weighted by Gasteiger charge is -2.11. The molecule has 0 aliphatic heterocycles. The second-order valence-corrected chi connectivity index (χ2v) is 4.24. The normalized spacial score (nSPS) is 11.4. The number of hydrogen-bond acceptors (Lipinski definition) is 3. The van der Waals surface area contributed by atoms with Crippen molar-refractivity contribution in [1.29, 1.82) is 0 Å². The van der Waals surface area contributed by atoms with Crippen LogP contribution in [0.15, 0.2) is 18.2 Å². The number of imidazole rings is 1. The summed E-state index contributed by atoms with van der Waals surface area (Å²) in [6, 6.07) is 4.71. The van der Waals surface area contributed by atoms with Crippen LogP contribution >= 0.6 is 0 Å². The number of anilines is 1. The van der Waals surface area contributed by atoms with Crippen molar-refractivity contribution < 1.29 is 9.50 Å². The molecule has 0 unspecified atom stereocenters. The van der Waals surface area contributed by atoms with Crippen LogP contribution in [0.4, 0.5) is 10.3 Å². The standard InChI is InChI=1S/C12H16FN3O/c1-8(2)14-12-15-10-7-9(13)3-4-11(10)16(12)5-6-17/h3-4,7-8,17H,5-6H2,1-2H3,(H,14,15). The molecule has 0 saturated carbocycles. The van der Waals surface area contributed by atoms with Crippen molar-refractivity contribution in [3.8, 4) is 0 Å². The van der Waals surface area contributed by atoms with Crippen molar-refractivity contribution in [1.82, 2.24) is 9.55 Å². The Morgan fingerprint density at radius 2 is 2.24 bits per heavy atom. The average Bonchev–Trinajstić information content (AvgIpc) is 2.55. The van der Waals surface area contributed by atoms with E-state index in [1.807, 2.05) is 18.4 Å². The van der Waals surface area contributed by atoms with Crippen molar-refractivity contribution in [2.24, 2.45) is 0 Å². The van der Waals surface area contributed by atoms with Gasteiger partial charge in [0.2, 0.25) is 5.95 Å². The largest absolute Gasteiger partial charge is 0.395 e. The quantitative estimate of drug-likeness (QED) is 0.855. The molecule has 2 N–H and O–H groups in total. The smallest absolute Gasteiger partial charge is 0.204 e. The van der Waals surface area contributed by atoms with Crippen molar-refractivity contribution in [3.63, 3.8) is 0 Å². The molecule has 0 spiro atoms. The third-order valence-corrected chi connectivity index (χ3v) is 2.45. The van der Waals surface area contributed by atoms with Gasteiger partial charge in [-0.15, -0.1) is 0 Å². The Hall–Kier alpha value is -1.62. The summed E-state index contributed by atoms with van der Waals surface area (Å²) >= 11 is 0. The van der Waals surface area contributed by atoms with E-state index in [1.165, 1.54) is 12.1 Å². The molecule has 0 bridgehead atoms. The Balaban J connectivity index is 2.53.